The van der Waals surface area contributed by atoms with E-state index in [0.717, 1.165) is 18.4 Å². The van der Waals surface area contributed by atoms with Gasteiger partial charge in [0.1, 0.15) is 5.82 Å². The Morgan fingerprint density at radius 3 is 2.14 bits per heavy atom. The average molecular weight is 489 g/mol. The van der Waals surface area contributed by atoms with Crippen LogP contribution in [0.2, 0.25) is 0 Å². The third kappa shape index (κ3) is 4.65. The molecule has 2 aromatic carbocycles. The normalized spacial score (nSPS) is 14.5. The van der Waals surface area contributed by atoms with Gasteiger partial charge in [-0.25, -0.2) is 4.98 Å². The smallest absolute Gasteiger partial charge is 0.291 e. The molecule has 1 aliphatic carbocycles. The van der Waals surface area contributed by atoms with Crippen LogP contribution in [0.4, 0.5) is 26.3 Å². The van der Waals surface area contributed by atoms with Crippen molar-refractivity contribution < 1.29 is 26.3 Å². The first-order valence-electron chi connectivity index (χ1n) is 10.7. The Hall–Kier alpha value is -3.69. The van der Waals surface area contributed by atoms with Crippen molar-refractivity contribution in [2.24, 2.45) is 0 Å². The third-order valence-electron chi connectivity index (χ3n) is 5.91. The quantitative estimate of drug-likeness (QED) is 0.311. The van der Waals surface area contributed by atoms with Gasteiger partial charge in [0.05, 0.1) is 28.6 Å². The summed E-state index contributed by atoms with van der Waals surface area (Å²) in [5.41, 5.74) is -2.38. The molecule has 4 nitrogen and oxygen atoms in total. The predicted molar refractivity (Wildman–Crippen MR) is 117 cm³/mol. The summed E-state index contributed by atoms with van der Waals surface area (Å²) in [5.74, 6) is 0.735. The Labute approximate surface area is 194 Å². The molecule has 1 fully saturated rings. The number of halogens is 6. The van der Waals surface area contributed by atoms with Gasteiger partial charge in [-0.05, 0) is 65.9 Å². The molecule has 4 aromatic rings. The topological polar surface area (TPSA) is 47.8 Å². The molecule has 0 N–H and O–H groups in total. The van der Waals surface area contributed by atoms with Gasteiger partial charge >= 0.3 is 12.4 Å². The maximum absolute atomic E-state index is 13.5. The van der Waals surface area contributed by atoms with Crippen LogP contribution in [0.15, 0.2) is 65.7 Å². The van der Waals surface area contributed by atoms with Crippen LogP contribution in [0.1, 0.15) is 41.3 Å². The Balaban J connectivity index is 1.68. The molecule has 180 valence electrons. The minimum absolute atomic E-state index is 0.0556. The lowest BCUT2D eigenvalue weighted by Gasteiger charge is -2.16. The van der Waals surface area contributed by atoms with E-state index < -0.39 is 29.0 Å². The molecule has 0 spiro atoms. The summed E-state index contributed by atoms with van der Waals surface area (Å²) < 4.78 is 81.4. The highest BCUT2D eigenvalue weighted by molar-refractivity contribution is 5.84. The molecule has 0 atom stereocenters. The minimum atomic E-state index is -4.97. The second-order valence-electron chi connectivity index (χ2n) is 8.52. The van der Waals surface area contributed by atoms with Crippen LogP contribution in [-0.2, 0) is 18.9 Å². The highest BCUT2D eigenvalue weighted by Gasteiger charge is 2.37. The van der Waals surface area contributed by atoms with Gasteiger partial charge in [-0.2, -0.15) is 26.3 Å². The molecular weight excluding hydrogens is 472 g/mol. The minimum Gasteiger partial charge on any atom is -0.291 e. The first kappa shape index (κ1) is 23.1. The lowest BCUT2D eigenvalue weighted by molar-refractivity contribution is -0.143. The van der Waals surface area contributed by atoms with E-state index >= 15 is 0 Å². The molecule has 0 unspecified atom stereocenters. The van der Waals surface area contributed by atoms with Gasteiger partial charge in [-0.1, -0.05) is 12.1 Å². The molecule has 5 rings (SSSR count). The molecule has 1 saturated carbocycles. The van der Waals surface area contributed by atoms with E-state index in [1.54, 1.807) is 24.5 Å². The van der Waals surface area contributed by atoms with Crippen molar-refractivity contribution in [2.75, 3.05) is 0 Å². The fourth-order valence-corrected chi connectivity index (χ4v) is 4.02. The van der Waals surface area contributed by atoms with Gasteiger partial charge in [0.25, 0.3) is 5.56 Å². The Morgan fingerprint density at radius 2 is 1.57 bits per heavy atom. The summed E-state index contributed by atoms with van der Waals surface area (Å²) in [7, 11) is 0. The number of rotatable bonds is 4. The molecule has 10 heteroatoms. The highest BCUT2D eigenvalue weighted by Crippen LogP contribution is 2.40. The molecular formula is C25H17F6N3O. The fraction of sp³-hybridized carbons (Fsp3) is 0.240. The van der Waals surface area contributed by atoms with Crippen LogP contribution in [0, 0.1) is 0 Å². The zero-order valence-electron chi connectivity index (χ0n) is 18.0. The summed E-state index contributed by atoms with van der Waals surface area (Å²) in [6.07, 6.45) is -4.95. The number of benzene rings is 2. The number of aromatic nitrogens is 3. The molecule has 0 aliphatic heterocycles. The number of nitrogens with zero attached hydrogens (tertiary/aromatic N) is 3. The van der Waals surface area contributed by atoms with E-state index in [1.165, 1.54) is 22.8 Å². The molecule has 1 aliphatic rings. The monoisotopic (exact) mass is 489 g/mol. The van der Waals surface area contributed by atoms with Gasteiger partial charge in [-0.3, -0.25) is 14.3 Å². The van der Waals surface area contributed by atoms with Crippen LogP contribution in [0.25, 0.3) is 22.0 Å². The van der Waals surface area contributed by atoms with Crippen LogP contribution in [0.5, 0.6) is 0 Å². The van der Waals surface area contributed by atoms with Crippen LogP contribution < -0.4 is 5.56 Å². The predicted octanol–water partition coefficient (Wildman–Crippen LogP) is 6.42. The Kier molecular flexibility index (Phi) is 5.41. The molecule has 0 radical (unpaired) electrons. The summed E-state index contributed by atoms with van der Waals surface area (Å²) in [5, 5.41) is 0.113. The van der Waals surface area contributed by atoms with Crippen LogP contribution in [-0.4, -0.2) is 14.5 Å². The lowest BCUT2D eigenvalue weighted by atomic mass is 9.98. The molecule has 2 heterocycles. The fourth-order valence-electron chi connectivity index (χ4n) is 4.02. The molecule has 2 aromatic heterocycles. The highest BCUT2D eigenvalue weighted by atomic mass is 19.4. The average Bonchev–Trinajstić information content (AvgIpc) is 3.65. The van der Waals surface area contributed by atoms with E-state index in [-0.39, 0.29) is 35.0 Å². The molecule has 0 saturated heterocycles. The van der Waals surface area contributed by atoms with Gasteiger partial charge in [0, 0.05) is 18.3 Å². The number of hydrogen-bond acceptors (Lipinski definition) is 3. The maximum Gasteiger partial charge on any atom is 0.416 e. The lowest BCUT2D eigenvalue weighted by Crippen LogP contribution is -2.25. The number of hydrogen-bond donors (Lipinski definition) is 0. The maximum atomic E-state index is 13.5. The standard InChI is InChI=1S/C25H17F6N3O/c26-24(27,28)18-8-17(9-19(11-18)25(29,30)31)16-5-6-21-20(10-16)23(35)34(22(33-21)15-3-4-15)13-14-2-1-7-32-12-14/h1-2,5-12,15H,3-4,13H2. The summed E-state index contributed by atoms with van der Waals surface area (Å²) in [6, 6.07) is 9.05. The molecule has 0 bridgehead atoms. The van der Waals surface area contributed by atoms with E-state index in [2.05, 4.69) is 9.97 Å². The zero-order valence-corrected chi connectivity index (χ0v) is 18.0. The van der Waals surface area contributed by atoms with Crippen molar-refractivity contribution in [1.82, 2.24) is 14.5 Å². The van der Waals surface area contributed by atoms with E-state index in [0.29, 0.717) is 23.5 Å². The third-order valence-corrected chi connectivity index (χ3v) is 5.91. The summed E-state index contributed by atoms with van der Waals surface area (Å²) >= 11 is 0. The second kappa shape index (κ2) is 8.21. The van der Waals surface area contributed by atoms with Crippen molar-refractivity contribution in [3.05, 3.63) is 93.8 Å². The van der Waals surface area contributed by atoms with E-state index in [4.69, 9.17) is 0 Å². The summed E-state index contributed by atoms with van der Waals surface area (Å²) in [4.78, 5) is 22.1. The van der Waals surface area contributed by atoms with Crippen molar-refractivity contribution >= 4 is 10.9 Å². The van der Waals surface area contributed by atoms with E-state index in [9.17, 15) is 31.1 Å². The van der Waals surface area contributed by atoms with Gasteiger partial charge < -0.3 is 0 Å². The zero-order chi connectivity index (χ0) is 25.0. The van der Waals surface area contributed by atoms with Crippen molar-refractivity contribution in [3.63, 3.8) is 0 Å². The number of pyridine rings is 1. The van der Waals surface area contributed by atoms with Crippen LogP contribution >= 0.6 is 0 Å². The van der Waals surface area contributed by atoms with Crippen molar-refractivity contribution in [2.45, 2.75) is 37.7 Å². The number of alkyl halides is 6. The second-order valence-corrected chi connectivity index (χ2v) is 8.52. The summed E-state index contributed by atoms with van der Waals surface area (Å²) in [6.45, 7) is 0.202. The number of fused-ring (bicyclic) bond motifs is 1. The SMILES string of the molecule is O=c1c2cc(-c3cc(C(F)(F)F)cc(C(F)(F)F)c3)ccc2nc(C2CC2)n1Cc1cccnc1. The van der Waals surface area contributed by atoms with Gasteiger partial charge in [0.15, 0.2) is 0 Å². The molecule has 35 heavy (non-hydrogen) atoms. The first-order valence-corrected chi connectivity index (χ1v) is 10.7. The Bertz CT molecular complexity index is 1440. The van der Waals surface area contributed by atoms with Crippen LogP contribution in [0.3, 0.4) is 0 Å². The van der Waals surface area contributed by atoms with E-state index in [1.807, 2.05) is 0 Å². The largest absolute Gasteiger partial charge is 0.416 e. The van der Waals surface area contributed by atoms with Gasteiger partial charge in [0.2, 0.25) is 0 Å². The van der Waals surface area contributed by atoms with Crippen molar-refractivity contribution in [3.8, 4) is 11.1 Å². The Morgan fingerprint density at radius 1 is 0.886 bits per heavy atom. The first-order chi connectivity index (χ1) is 16.5. The van der Waals surface area contributed by atoms with Crippen molar-refractivity contribution in [1.29, 1.82) is 0 Å². The molecule has 0 amide bonds. The van der Waals surface area contributed by atoms with Gasteiger partial charge in [-0.15, -0.1) is 0 Å².